The maximum Gasteiger partial charge on any atom is 0.355 e. The molecule has 0 amide bonds. The molecule has 0 fully saturated rings. The van der Waals surface area contributed by atoms with Crippen molar-refractivity contribution in [3.63, 3.8) is 0 Å². The zero-order valence-corrected chi connectivity index (χ0v) is 9.77. The van der Waals surface area contributed by atoms with Gasteiger partial charge in [-0.05, 0) is 12.5 Å². The molecule has 2 rings (SSSR count). The van der Waals surface area contributed by atoms with E-state index in [1.165, 1.54) is 0 Å². The molecule has 1 heterocycles. The SMILES string of the molecule is Cc1cccc(-c2c(Cl)ncnc2C(=O)O)c1. The minimum Gasteiger partial charge on any atom is -0.476 e. The summed E-state index contributed by atoms with van der Waals surface area (Å²) in [7, 11) is 0. The second kappa shape index (κ2) is 4.51. The molecule has 1 aromatic heterocycles. The molecule has 0 spiro atoms. The van der Waals surface area contributed by atoms with E-state index in [1.807, 2.05) is 25.1 Å². The van der Waals surface area contributed by atoms with E-state index in [0.29, 0.717) is 11.1 Å². The zero-order valence-electron chi connectivity index (χ0n) is 9.01. The Morgan fingerprint density at radius 3 is 2.76 bits per heavy atom. The van der Waals surface area contributed by atoms with Crippen LogP contribution < -0.4 is 0 Å². The molecule has 1 N–H and O–H groups in total. The van der Waals surface area contributed by atoms with E-state index >= 15 is 0 Å². The average Bonchev–Trinajstić information content (AvgIpc) is 2.28. The van der Waals surface area contributed by atoms with Gasteiger partial charge in [-0.15, -0.1) is 0 Å². The summed E-state index contributed by atoms with van der Waals surface area (Å²) in [5, 5.41) is 9.21. The van der Waals surface area contributed by atoms with Gasteiger partial charge in [0.2, 0.25) is 0 Å². The van der Waals surface area contributed by atoms with Crippen LogP contribution >= 0.6 is 11.6 Å². The summed E-state index contributed by atoms with van der Waals surface area (Å²) in [5.74, 6) is -1.12. The van der Waals surface area contributed by atoms with Crippen molar-refractivity contribution in [3.05, 3.63) is 47.0 Å². The molecule has 0 saturated carbocycles. The van der Waals surface area contributed by atoms with E-state index in [9.17, 15) is 4.79 Å². The van der Waals surface area contributed by atoms with Crippen LogP contribution in [-0.2, 0) is 0 Å². The van der Waals surface area contributed by atoms with Gasteiger partial charge in [-0.2, -0.15) is 0 Å². The molecule has 0 aliphatic rings. The van der Waals surface area contributed by atoms with Crippen molar-refractivity contribution >= 4 is 17.6 Å². The van der Waals surface area contributed by atoms with E-state index in [1.54, 1.807) is 6.07 Å². The molecule has 0 atom stereocenters. The number of hydrogen-bond acceptors (Lipinski definition) is 3. The highest BCUT2D eigenvalue weighted by atomic mass is 35.5. The number of carboxylic acid groups (broad SMARTS) is 1. The van der Waals surface area contributed by atoms with Crippen LogP contribution in [0.4, 0.5) is 0 Å². The number of carboxylic acids is 1. The van der Waals surface area contributed by atoms with Gasteiger partial charge in [0.15, 0.2) is 5.69 Å². The third-order valence-electron chi connectivity index (χ3n) is 2.31. The highest BCUT2D eigenvalue weighted by molar-refractivity contribution is 6.32. The van der Waals surface area contributed by atoms with E-state index in [-0.39, 0.29) is 10.8 Å². The number of aromatic nitrogens is 2. The lowest BCUT2D eigenvalue weighted by Gasteiger charge is -2.07. The molecule has 86 valence electrons. The number of nitrogens with zero attached hydrogens (tertiary/aromatic N) is 2. The van der Waals surface area contributed by atoms with Crippen LogP contribution in [0.1, 0.15) is 16.1 Å². The van der Waals surface area contributed by atoms with Crippen LogP contribution in [-0.4, -0.2) is 21.0 Å². The summed E-state index contributed by atoms with van der Waals surface area (Å²) in [5.41, 5.74) is 1.98. The van der Waals surface area contributed by atoms with Crippen molar-refractivity contribution in [1.82, 2.24) is 9.97 Å². The molecule has 17 heavy (non-hydrogen) atoms. The summed E-state index contributed by atoms with van der Waals surface area (Å²) in [6, 6.07) is 7.38. The lowest BCUT2D eigenvalue weighted by molar-refractivity contribution is 0.0691. The quantitative estimate of drug-likeness (QED) is 0.830. The Kier molecular flexibility index (Phi) is 3.06. The van der Waals surface area contributed by atoms with Gasteiger partial charge in [0.25, 0.3) is 0 Å². The number of benzene rings is 1. The minimum atomic E-state index is -1.12. The van der Waals surface area contributed by atoms with Gasteiger partial charge in [0, 0.05) is 0 Å². The van der Waals surface area contributed by atoms with Gasteiger partial charge in [-0.25, -0.2) is 14.8 Å². The lowest BCUT2D eigenvalue weighted by Crippen LogP contribution is -2.04. The molecule has 0 saturated heterocycles. The number of rotatable bonds is 2. The molecular weight excluding hydrogens is 240 g/mol. The summed E-state index contributed by atoms with van der Waals surface area (Å²) >= 11 is 5.95. The lowest BCUT2D eigenvalue weighted by atomic mass is 10.0. The molecule has 0 unspecified atom stereocenters. The Morgan fingerprint density at radius 2 is 2.12 bits per heavy atom. The number of aromatic carboxylic acids is 1. The fraction of sp³-hybridized carbons (Fsp3) is 0.0833. The third-order valence-corrected chi connectivity index (χ3v) is 2.60. The molecule has 0 bridgehead atoms. The first-order chi connectivity index (χ1) is 8.09. The Bertz CT molecular complexity index is 584. The fourth-order valence-corrected chi connectivity index (χ4v) is 1.82. The Balaban J connectivity index is 2.70. The number of halogens is 1. The number of aryl methyl sites for hydroxylation is 1. The summed E-state index contributed by atoms with van der Waals surface area (Å²) in [4.78, 5) is 18.7. The summed E-state index contributed by atoms with van der Waals surface area (Å²) in [6.07, 6.45) is 1.14. The van der Waals surface area contributed by atoms with Crippen molar-refractivity contribution in [2.45, 2.75) is 6.92 Å². The minimum absolute atomic E-state index is 0.0874. The van der Waals surface area contributed by atoms with Gasteiger partial charge < -0.3 is 5.11 Å². The molecule has 5 heteroatoms. The number of hydrogen-bond donors (Lipinski definition) is 1. The Morgan fingerprint density at radius 1 is 1.35 bits per heavy atom. The first-order valence-corrected chi connectivity index (χ1v) is 5.28. The fourth-order valence-electron chi connectivity index (χ4n) is 1.58. The van der Waals surface area contributed by atoms with Crippen LogP contribution in [0, 0.1) is 6.92 Å². The van der Waals surface area contributed by atoms with Crippen molar-refractivity contribution in [2.75, 3.05) is 0 Å². The van der Waals surface area contributed by atoms with Crippen LogP contribution in [0.2, 0.25) is 5.15 Å². The van der Waals surface area contributed by atoms with Crippen molar-refractivity contribution in [2.24, 2.45) is 0 Å². The Labute approximate surface area is 103 Å². The van der Waals surface area contributed by atoms with Gasteiger partial charge in [-0.3, -0.25) is 0 Å². The van der Waals surface area contributed by atoms with Crippen molar-refractivity contribution in [1.29, 1.82) is 0 Å². The van der Waals surface area contributed by atoms with Crippen molar-refractivity contribution in [3.8, 4) is 11.1 Å². The Hall–Kier alpha value is -1.94. The highest BCUT2D eigenvalue weighted by Gasteiger charge is 2.17. The van der Waals surface area contributed by atoms with E-state index in [2.05, 4.69) is 9.97 Å². The molecule has 0 aliphatic carbocycles. The third kappa shape index (κ3) is 2.26. The van der Waals surface area contributed by atoms with E-state index in [0.717, 1.165) is 11.9 Å². The van der Waals surface area contributed by atoms with Crippen molar-refractivity contribution < 1.29 is 9.90 Å². The van der Waals surface area contributed by atoms with Crippen LogP contribution in [0.25, 0.3) is 11.1 Å². The zero-order chi connectivity index (χ0) is 12.4. The van der Waals surface area contributed by atoms with Gasteiger partial charge >= 0.3 is 5.97 Å². The highest BCUT2D eigenvalue weighted by Crippen LogP contribution is 2.29. The van der Waals surface area contributed by atoms with Gasteiger partial charge in [0.05, 0.1) is 5.56 Å². The predicted molar refractivity (Wildman–Crippen MR) is 64.2 cm³/mol. The summed E-state index contributed by atoms with van der Waals surface area (Å²) < 4.78 is 0. The number of carbonyl (C=O) groups is 1. The maximum atomic E-state index is 11.1. The normalized spacial score (nSPS) is 10.2. The first kappa shape index (κ1) is 11.5. The molecule has 1 aromatic carbocycles. The maximum absolute atomic E-state index is 11.1. The second-order valence-electron chi connectivity index (χ2n) is 3.56. The molecule has 0 aliphatic heterocycles. The molecular formula is C12H9ClN2O2. The molecule has 4 nitrogen and oxygen atoms in total. The monoisotopic (exact) mass is 248 g/mol. The van der Waals surface area contributed by atoms with E-state index in [4.69, 9.17) is 16.7 Å². The second-order valence-corrected chi connectivity index (χ2v) is 3.92. The van der Waals surface area contributed by atoms with Crippen LogP contribution in [0.5, 0.6) is 0 Å². The van der Waals surface area contributed by atoms with Crippen LogP contribution in [0.3, 0.4) is 0 Å². The van der Waals surface area contributed by atoms with Gasteiger partial charge in [0.1, 0.15) is 11.5 Å². The molecule has 2 aromatic rings. The molecule has 0 radical (unpaired) electrons. The summed E-state index contributed by atoms with van der Waals surface area (Å²) in [6.45, 7) is 1.92. The predicted octanol–water partition coefficient (Wildman–Crippen LogP) is 2.80. The smallest absolute Gasteiger partial charge is 0.355 e. The van der Waals surface area contributed by atoms with Crippen LogP contribution in [0.15, 0.2) is 30.6 Å². The topological polar surface area (TPSA) is 63.1 Å². The standard InChI is InChI=1S/C12H9ClN2O2/c1-7-3-2-4-8(5-7)9-10(12(16)17)14-6-15-11(9)13/h2-6H,1H3,(H,16,17). The average molecular weight is 249 g/mol. The largest absolute Gasteiger partial charge is 0.476 e. The first-order valence-electron chi connectivity index (χ1n) is 4.90. The van der Waals surface area contributed by atoms with E-state index < -0.39 is 5.97 Å². The van der Waals surface area contributed by atoms with Gasteiger partial charge in [-0.1, -0.05) is 41.4 Å².